The van der Waals surface area contributed by atoms with Gasteiger partial charge in [0.05, 0.1) is 11.1 Å². The van der Waals surface area contributed by atoms with E-state index in [1.165, 1.54) is 18.7 Å². The monoisotopic (exact) mass is 236 g/mol. The second-order valence-corrected chi connectivity index (χ2v) is 4.18. The SMILES string of the molecule is NCC1(NC(=O)c2cncnc2)CCOCC1. The van der Waals surface area contributed by atoms with Crippen molar-refractivity contribution >= 4 is 5.91 Å². The molecular weight excluding hydrogens is 220 g/mol. The Morgan fingerprint density at radius 2 is 2.06 bits per heavy atom. The van der Waals surface area contributed by atoms with E-state index < -0.39 is 0 Å². The summed E-state index contributed by atoms with van der Waals surface area (Å²) in [4.78, 5) is 19.6. The minimum atomic E-state index is -0.356. The van der Waals surface area contributed by atoms with Gasteiger partial charge in [-0.15, -0.1) is 0 Å². The molecule has 6 nitrogen and oxygen atoms in total. The molecule has 6 heteroatoms. The van der Waals surface area contributed by atoms with Crippen LogP contribution in [0.1, 0.15) is 23.2 Å². The maximum atomic E-state index is 12.0. The largest absolute Gasteiger partial charge is 0.381 e. The Hall–Kier alpha value is -1.53. The van der Waals surface area contributed by atoms with Crippen LogP contribution in [-0.2, 0) is 4.74 Å². The molecule has 0 atom stereocenters. The van der Waals surface area contributed by atoms with E-state index in [4.69, 9.17) is 10.5 Å². The summed E-state index contributed by atoms with van der Waals surface area (Å²) >= 11 is 0. The summed E-state index contributed by atoms with van der Waals surface area (Å²) in [5, 5.41) is 2.97. The van der Waals surface area contributed by atoms with Crippen LogP contribution in [0, 0.1) is 0 Å². The maximum absolute atomic E-state index is 12.0. The number of nitrogens with two attached hydrogens (primary N) is 1. The first-order valence-corrected chi connectivity index (χ1v) is 5.61. The van der Waals surface area contributed by atoms with Gasteiger partial charge in [0.25, 0.3) is 5.91 Å². The van der Waals surface area contributed by atoms with Gasteiger partial charge in [-0.05, 0) is 12.8 Å². The summed E-state index contributed by atoms with van der Waals surface area (Å²) in [6, 6.07) is 0. The molecule has 1 aliphatic heterocycles. The van der Waals surface area contributed by atoms with Crippen LogP contribution in [0.15, 0.2) is 18.7 Å². The smallest absolute Gasteiger partial charge is 0.254 e. The zero-order valence-electron chi connectivity index (χ0n) is 9.56. The highest BCUT2D eigenvalue weighted by atomic mass is 16.5. The summed E-state index contributed by atoms with van der Waals surface area (Å²) in [5.74, 6) is -0.182. The second kappa shape index (κ2) is 5.20. The molecule has 1 aromatic rings. The number of amides is 1. The van der Waals surface area contributed by atoms with Gasteiger partial charge in [-0.25, -0.2) is 9.97 Å². The molecule has 0 aromatic carbocycles. The van der Waals surface area contributed by atoms with Crippen LogP contribution >= 0.6 is 0 Å². The summed E-state index contributed by atoms with van der Waals surface area (Å²) in [5.41, 5.74) is 5.86. The van der Waals surface area contributed by atoms with E-state index in [0.29, 0.717) is 25.3 Å². The van der Waals surface area contributed by atoms with Crippen molar-refractivity contribution in [2.24, 2.45) is 5.73 Å². The predicted octanol–water partition coefficient (Wildman–Crippen LogP) is -0.286. The normalized spacial score (nSPS) is 18.6. The first kappa shape index (κ1) is 11.9. The molecule has 2 heterocycles. The Morgan fingerprint density at radius 3 is 2.65 bits per heavy atom. The molecule has 1 amide bonds. The molecule has 92 valence electrons. The quantitative estimate of drug-likeness (QED) is 0.753. The Kier molecular flexibility index (Phi) is 3.65. The lowest BCUT2D eigenvalue weighted by molar-refractivity contribution is 0.0388. The minimum absolute atomic E-state index is 0.182. The van der Waals surface area contributed by atoms with Crippen molar-refractivity contribution in [2.45, 2.75) is 18.4 Å². The van der Waals surface area contributed by atoms with Crippen molar-refractivity contribution in [1.82, 2.24) is 15.3 Å². The van der Waals surface area contributed by atoms with Crippen LogP contribution in [0.3, 0.4) is 0 Å². The molecule has 1 saturated heterocycles. The van der Waals surface area contributed by atoms with Crippen LogP contribution in [0.5, 0.6) is 0 Å². The van der Waals surface area contributed by atoms with Gasteiger partial charge in [-0.2, -0.15) is 0 Å². The second-order valence-electron chi connectivity index (χ2n) is 4.18. The number of rotatable bonds is 3. The zero-order chi connectivity index (χ0) is 12.1. The molecular formula is C11H16N4O2. The van der Waals surface area contributed by atoms with Crippen molar-refractivity contribution in [3.63, 3.8) is 0 Å². The van der Waals surface area contributed by atoms with E-state index in [9.17, 15) is 4.79 Å². The lowest BCUT2D eigenvalue weighted by Gasteiger charge is -2.36. The van der Waals surface area contributed by atoms with Gasteiger partial charge >= 0.3 is 0 Å². The molecule has 17 heavy (non-hydrogen) atoms. The van der Waals surface area contributed by atoms with Gasteiger partial charge < -0.3 is 15.8 Å². The first-order chi connectivity index (χ1) is 8.26. The van der Waals surface area contributed by atoms with E-state index in [1.54, 1.807) is 0 Å². The van der Waals surface area contributed by atoms with Gasteiger partial charge in [-0.3, -0.25) is 4.79 Å². The van der Waals surface area contributed by atoms with Gasteiger partial charge in [0.2, 0.25) is 0 Å². The highest BCUT2D eigenvalue weighted by Gasteiger charge is 2.33. The van der Waals surface area contributed by atoms with Gasteiger partial charge in [-0.1, -0.05) is 0 Å². The van der Waals surface area contributed by atoms with E-state index >= 15 is 0 Å². The first-order valence-electron chi connectivity index (χ1n) is 5.61. The lowest BCUT2D eigenvalue weighted by Crippen LogP contribution is -2.56. The molecule has 0 aliphatic carbocycles. The standard InChI is InChI=1S/C11H16N4O2/c12-7-11(1-3-17-4-2-11)15-10(16)9-5-13-8-14-6-9/h5-6,8H,1-4,7,12H2,(H,15,16). The zero-order valence-corrected chi connectivity index (χ0v) is 9.56. The number of carbonyl (C=O) groups excluding carboxylic acids is 1. The third kappa shape index (κ3) is 2.78. The summed E-state index contributed by atoms with van der Waals surface area (Å²) in [6.07, 6.45) is 5.85. The van der Waals surface area contributed by atoms with Crippen molar-refractivity contribution in [2.75, 3.05) is 19.8 Å². The number of nitrogens with zero attached hydrogens (tertiary/aromatic N) is 2. The summed E-state index contributed by atoms with van der Waals surface area (Å²) < 4.78 is 5.28. The van der Waals surface area contributed by atoms with Gasteiger partial charge in [0, 0.05) is 32.2 Å². The fourth-order valence-electron chi connectivity index (χ4n) is 1.87. The van der Waals surface area contributed by atoms with Crippen molar-refractivity contribution in [3.05, 3.63) is 24.3 Å². The number of hydrogen-bond donors (Lipinski definition) is 2. The number of aromatic nitrogens is 2. The van der Waals surface area contributed by atoms with Crippen molar-refractivity contribution in [3.8, 4) is 0 Å². The average molecular weight is 236 g/mol. The molecule has 1 aromatic heterocycles. The molecule has 2 rings (SSSR count). The lowest BCUT2D eigenvalue weighted by atomic mass is 9.90. The molecule has 0 spiro atoms. The molecule has 0 bridgehead atoms. The highest BCUT2D eigenvalue weighted by Crippen LogP contribution is 2.19. The Labute approximate surface area is 99.6 Å². The topological polar surface area (TPSA) is 90.1 Å². The fourth-order valence-corrected chi connectivity index (χ4v) is 1.87. The highest BCUT2D eigenvalue weighted by molar-refractivity contribution is 5.94. The number of hydrogen-bond acceptors (Lipinski definition) is 5. The fraction of sp³-hybridized carbons (Fsp3) is 0.545. The Balaban J connectivity index is 2.06. The molecule has 1 fully saturated rings. The molecule has 0 saturated carbocycles. The third-order valence-electron chi connectivity index (χ3n) is 3.04. The van der Waals surface area contributed by atoms with Crippen molar-refractivity contribution in [1.29, 1.82) is 0 Å². The van der Waals surface area contributed by atoms with Crippen LogP contribution in [0.2, 0.25) is 0 Å². The number of carbonyl (C=O) groups is 1. The molecule has 3 N–H and O–H groups in total. The molecule has 0 radical (unpaired) electrons. The maximum Gasteiger partial charge on any atom is 0.254 e. The Morgan fingerprint density at radius 1 is 1.41 bits per heavy atom. The summed E-state index contributed by atoms with van der Waals surface area (Å²) in [7, 11) is 0. The third-order valence-corrected chi connectivity index (χ3v) is 3.04. The molecule has 1 aliphatic rings. The van der Waals surface area contributed by atoms with Crippen LogP contribution in [0.25, 0.3) is 0 Å². The van der Waals surface area contributed by atoms with Crippen molar-refractivity contribution < 1.29 is 9.53 Å². The predicted molar refractivity (Wildman–Crippen MR) is 61.3 cm³/mol. The molecule has 0 unspecified atom stereocenters. The van der Waals surface area contributed by atoms with E-state index in [0.717, 1.165) is 12.8 Å². The number of ether oxygens (including phenoxy) is 1. The Bertz CT molecular complexity index is 376. The average Bonchev–Trinajstić information content (AvgIpc) is 2.41. The van der Waals surface area contributed by atoms with E-state index in [1.807, 2.05) is 0 Å². The summed E-state index contributed by atoms with van der Waals surface area (Å²) in [6.45, 7) is 1.67. The van der Waals surface area contributed by atoms with Gasteiger partial charge in [0.1, 0.15) is 6.33 Å². The van der Waals surface area contributed by atoms with Crippen LogP contribution in [0.4, 0.5) is 0 Å². The van der Waals surface area contributed by atoms with Gasteiger partial charge in [0.15, 0.2) is 0 Å². The van der Waals surface area contributed by atoms with E-state index in [-0.39, 0.29) is 11.4 Å². The minimum Gasteiger partial charge on any atom is -0.381 e. The van der Waals surface area contributed by atoms with Crippen LogP contribution < -0.4 is 11.1 Å². The van der Waals surface area contributed by atoms with E-state index in [2.05, 4.69) is 15.3 Å². The number of nitrogens with one attached hydrogen (secondary N) is 1. The van der Waals surface area contributed by atoms with Crippen LogP contribution in [-0.4, -0.2) is 41.2 Å².